The molecule has 1 atom stereocenters. The maximum Gasteiger partial charge on any atom is 0.264 e. The van der Waals surface area contributed by atoms with E-state index in [1.165, 1.54) is 17.0 Å². The van der Waals surface area contributed by atoms with Crippen molar-refractivity contribution in [2.24, 2.45) is 0 Å². The third-order valence-electron chi connectivity index (χ3n) is 7.28. The van der Waals surface area contributed by atoms with Gasteiger partial charge in [0.15, 0.2) is 0 Å². The first-order chi connectivity index (χ1) is 21.0. The monoisotopic (exact) mass is 651 g/mol. The molecule has 4 aromatic rings. The summed E-state index contributed by atoms with van der Waals surface area (Å²) in [7, 11) is -4.19. The summed E-state index contributed by atoms with van der Waals surface area (Å²) in [5.74, 6) is -0.969. The second-order valence-corrected chi connectivity index (χ2v) is 13.1. The normalized spacial score (nSPS) is 11.9. The van der Waals surface area contributed by atoms with Crippen LogP contribution in [0.25, 0.3) is 0 Å². The van der Waals surface area contributed by atoms with Crippen molar-refractivity contribution >= 4 is 50.7 Å². The molecule has 4 aromatic carbocycles. The molecule has 10 heteroatoms. The van der Waals surface area contributed by atoms with Crippen LogP contribution in [-0.2, 0) is 32.6 Å². The van der Waals surface area contributed by atoms with Crippen LogP contribution >= 0.6 is 23.2 Å². The van der Waals surface area contributed by atoms with Crippen molar-refractivity contribution in [2.45, 2.75) is 44.7 Å². The van der Waals surface area contributed by atoms with Crippen LogP contribution in [0.5, 0.6) is 0 Å². The van der Waals surface area contributed by atoms with Crippen LogP contribution in [0, 0.1) is 13.8 Å². The van der Waals surface area contributed by atoms with Crippen LogP contribution in [0.2, 0.25) is 10.0 Å². The first-order valence-corrected chi connectivity index (χ1v) is 16.4. The predicted octanol–water partition coefficient (Wildman–Crippen LogP) is 6.58. The van der Waals surface area contributed by atoms with Gasteiger partial charge in [-0.15, -0.1) is 0 Å². The summed E-state index contributed by atoms with van der Waals surface area (Å²) >= 11 is 13.1. The number of sulfonamides is 1. The number of hydrogen-bond acceptors (Lipinski definition) is 4. The molecule has 0 radical (unpaired) electrons. The molecule has 0 bridgehead atoms. The van der Waals surface area contributed by atoms with Gasteiger partial charge in [-0.05, 0) is 62.2 Å². The summed E-state index contributed by atoms with van der Waals surface area (Å²) in [6.45, 7) is 5.11. The number of carbonyl (C=O) groups excluding carboxylic acids is 2. The molecule has 1 N–H and O–H groups in total. The molecule has 0 aliphatic rings. The van der Waals surface area contributed by atoms with Crippen LogP contribution < -0.4 is 9.62 Å². The van der Waals surface area contributed by atoms with Crippen LogP contribution in [0.15, 0.2) is 102 Å². The standard InChI is InChI=1S/C34H35Cl2N3O4S/c1-4-37-34(41)32(21-26-12-6-5-7-13-26)38(22-28-29(35)14-10-15-30(28)36)33(40)23-39(31-16-9-8-11-25(31)3)44(42,43)27-19-17-24(2)18-20-27/h5-20,32H,4,21-23H2,1-3H3,(H,37,41)/t32-/m1/s1. The van der Waals surface area contributed by atoms with Gasteiger partial charge in [0.25, 0.3) is 10.0 Å². The number of amides is 2. The zero-order valence-electron chi connectivity index (χ0n) is 24.8. The molecule has 2 amide bonds. The van der Waals surface area contributed by atoms with Crippen molar-refractivity contribution in [3.8, 4) is 0 Å². The lowest BCUT2D eigenvalue weighted by Gasteiger charge is -2.34. The molecule has 0 heterocycles. The Bertz CT molecular complexity index is 1690. The third kappa shape index (κ3) is 7.80. The summed E-state index contributed by atoms with van der Waals surface area (Å²) in [5.41, 5.74) is 3.21. The Morgan fingerprint density at radius 2 is 1.43 bits per heavy atom. The van der Waals surface area contributed by atoms with Gasteiger partial charge in [-0.1, -0.05) is 95.5 Å². The van der Waals surface area contributed by atoms with Gasteiger partial charge >= 0.3 is 0 Å². The second kappa shape index (κ2) is 14.8. The summed E-state index contributed by atoms with van der Waals surface area (Å²) in [6.07, 6.45) is 0.190. The van der Waals surface area contributed by atoms with Crippen molar-refractivity contribution < 1.29 is 18.0 Å². The summed E-state index contributed by atoms with van der Waals surface area (Å²) in [4.78, 5) is 29.5. The van der Waals surface area contributed by atoms with E-state index >= 15 is 0 Å². The minimum atomic E-state index is -4.19. The van der Waals surface area contributed by atoms with Crippen LogP contribution in [-0.4, -0.2) is 44.3 Å². The number of para-hydroxylation sites is 1. The van der Waals surface area contributed by atoms with E-state index in [1.54, 1.807) is 68.4 Å². The van der Waals surface area contributed by atoms with Crippen molar-refractivity contribution in [3.63, 3.8) is 0 Å². The van der Waals surface area contributed by atoms with Gasteiger partial charge in [-0.2, -0.15) is 0 Å². The van der Waals surface area contributed by atoms with Gasteiger partial charge in [0, 0.05) is 35.1 Å². The van der Waals surface area contributed by atoms with E-state index in [-0.39, 0.29) is 23.8 Å². The highest BCUT2D eigenvalue weighted by Crippen LogP contribution is 2.30. The Balaban J connectivity index is 1.84. The molecule has 4 rings (SSSR count). The second-order valence-electron chi connectivity index (χ2n) is 10.4. The zero-order chi connectivity index (χ0) is 31.9. The van der Waals surface area contributed by atoms with E-state index in [2.05, 4.69) is 5.32 Å². The first-order valence-electron chi connectivity index (χ1n) is 14.2. The number of nitrogens with zero attached hydrogens (tertiary/aromatic N) is 2. The molecule has 7 nitrogen and oxygen atoms in total. The summed E-state index contributed by atoms with van der Waals surface area (Å²) in [6, 6.07) is 26.8. The Kier molecular flexibility index (Phi) is 11.1. The molecule has 0 aliphatic carbocycles. The van der Waals surface area contributed by atoms with Gasteiger partial charge in [0.05, 0.1) is 10.6 Å². The molecular weight excluding hydrogens is 617 g/mol. The van der Waals surface area contributed by atoms with E-state index in [9.17, 15) is 18.0 Å². The Labute approximate surface area is 269 Å². The maximum absolute atomic E-state index is 14.5. The SMILES string of the molecule is CCNC(=O)[C@@H](Cc1ccccc1)N(Cc1c(Cl)cccc1Cl)C(=O)CN(c1ccccc1C)S(=O)(=O)c1ccc(C)cc1. The molecule has 0 spiro atoms. The number of benzene rings is 4. The molecule has 44 heavy (non-hydrogen) atoms. The highest BCUT2D eigenvalue weighted by Gasteiger charge is 2.35. The molecule has 0 aromatic heterocycles. The fourth-order valence-electron chi connectivity index (χ4n) is 4.89. The van der Waals surface area contributed by atoms with E-state index in [4.69, 9.17) is 23.2 Å². The molecule has 0 saturated heterocycles. The van der Waals surface area contributed by atoms with Gasteiger partial charge in [0.1, 0.15) is 12.6 Å². The predicted molar refractivity (Wildman–Crippen MR) is 177 cm³/mol. The van der Waals surface area contributed by atoms with E-state index in [0.717, 1.165) is 15.4 Å². The summed E-state index contributed by atoms with van der Waals surface area (Å²) in [5, 5.41) is 3.49. The van der Waals surface area contributed by atoms with Crippen LogP contribution in [0.4, 0.5) is 5.69 Å². The number of rotatable bonds is 12. The van der Waals surface area contributed by atoms with Crippen molar-refractivity contribution in [3.05, 3.63) is 129 Å². The average molecular weight is 653 g/mol. The fraction of sp³-hybridized carbons (Fsp3) is 0.235. The fourth-order valence-corrected chi connectivity index (χ4v) is 6.89. The number of anilines is 1. The number of nitrogens with one attached hydrogen (secondary N) is 1. The average Bonchev–Trinajstić information content (AvgIpc) is 3.00. The van der Waals surface area contributed by atoms with Crippen molar-refractivity contribution in [2.75, 3.05) is 17.4 Å². The lowest BCUT2D eigenvalue weighted by molar-refractivity contribution is -0.140. The Morgan fingerprint density at radius 1 is 0.818 bits per heavy atom. The van der Waals surface area contributed by atoms with E-state index < -0.39 is 28.5 Å². The number of hydrogen-bond donors (Lipinski definition) is 1. The molecule has 0 saturated carbocycles. The van der Waals surface area contributed by atoms with Crippen molar-refractivity contribution in [1.29, 1.82) is 0 Å². The maximum atomic E-state index is 14.5. The van der Waals surface area contributed by atoms with Crippen LogP contribution in [0.3, 0.4) is 0 Å². The lowest BCUT2D eigenvalue weighted by Crippen LogP contribution is -2.53. The molecule has 0 fully saturated rings. The minimum Gasteiger partial charge on any atom is -0.355 e. The minimum absolute atomic E-state index is 0.0458. The quantitative estimate of drug-likeness (QED) is 0.187. The number of halogens is 2. The Morgan fingerprint density at radius 3 is 2.05 bits per heavy atom. The zero-order valence-corrected chi connectivity index (χ0v) is 27.2. The topological polar surface area (TPSA) is 86.8 Å². The van der Waals surface area contributed by atoms with Gasteiger partial charge in [0.2, 0.25) is 11.8 Å². The number of aryl methyl sites for hydroxylation is 2. The lowest BCUT2D eigenvalue weighted by atomic mass is 10.0. The molecular formula is C34H35Cl2N3O4S. The van der Waals surface area contributed by atoms with Gasteiger partial charge in [-0.25, -0.2) is 8.42 Å². The Hall–Kier alpha value is -3.85. The smallest absolute Gasteiger partial charge is 0.264 e. The number of likely N-dealkylation sites (N-methyl/N-ethyl adjacent to an activating group) is 1. The molecule has 0 aliphatic heterocycles. The van der Waals surface area contributed by atoms with E-state index in [1.807, 2.05) is 37.3 Å². The summed E-state index contributed by atoms with van der Waals surface area (Å²) < 4.78 is 29.4. The van der Waals surface area contributed by atoms with Gasteiger partial charge < -0.3 is 10.2 Å². The highest BCUT2D eigenvalue weighted by atomic mass is 35.5. The van der Waals surface area contributed by atoms with E-state index in [0.29, 0.717) is 33.4 Å². The van der Waals surface area contributed by atoms with Crippen molar-refractivity contribution in [1.82, 2.24) is 10.2 Å². The molecule has 0 unspecified atom stereocenters. The molecule has 230 valence electrons. The third-order valence-corrected chi connectivity index (χ3v) is 9.77. The van der Waals surface area contributed by atoms with Gasteiger partial charge in [-0.3, -0.25) is 13.9 Å². The van der Waals surface area contributed by atoms with Crippen LogP contribution in [0.1, 0.15) is 29.2 Å². The largest absolute Gasteiger partial charge is 0.355 e. The highest BCUT2D eigenvalue weighted by molar-refractivity contribution is 7.92. The number of carbonyl (C=O) groups is 2. The first kappa shape index (κ1) is 33.1.